The summed E-state index contributed by atoms with van der Waals surface area (Å²) >= 11 is 5.64. The van der Waals surface area contributed by atoms with Crippen LogP contribution in [0.2, 0.25) is 0 Å². The normalized spacial score (nSPS) is 19.7. The Bertz CT molecular complexity index is 460. The van der Waals surface area contributed by atoms with E-state index >= 15 is 0 Å². The van der Waals surface area contributed by atoms with Crippen LogP contribution in [-0.4, -0.2) is 56.7 Å². The van der Waals surface area contributed by atoms with Crippen molar-refractivity contribution in [3.8, 4) is 0 Å². The quantitative estimate of drug-likeness (QED) is 0.324. The van der Waals surface area contributed by atoms with Crippen LogP contribution in [0.5, 0.6) is 0 Å². The summed E-state index contributed by atoms with van der Waals surface area (Å²) in [7, 11) is 0. The van der Waals surface area contributed by atoms with Gasteiger partial charge >= 0.3 is 0 Å². The minimum absolute atomic E-state index is 0.0416. The second-order valence-electron chi connectivity index (χ2n) is 8.89. The third-order valence-corrected chi connectivity index (χ3v) is 5.47. The lowest BCUT2D eigenvalue weighted by Gasteiger charge is -2.30. The summed E-state index contributed by atoms with van der Waals surface area (Å²) in [5, 5.41) is 6.06. The topological polar surface area (TPSA) is 76.7 Å². The van der Waals surface area contributed by atoms with Crippen LogP contribution in [0, 0.1) is 11.3 Å². The van der Waals surface area contributed by atoms with E-state index in [1.165, 1.54) is 0 Å². The number of alkyl halides is 1. The second-order valence-corrected chi connectivity index (χ2v) is 9.27. The van der Waals surface area contributed by atoms with Gasteiger partial charge in [-0.2, -0.15) is 0 Å². The first-order valence-electron chi connectivity index (χ1n) is 11.1. The number of carbonyl (C=O) groups excluding carboxylic acids is 2. The average molecular weight is 433 g/mol. The molecular weight excluding hydrogens is 392 g/mol. The fraction of sp³-hybridized carbons (Fsp3) is 0.909. The van der Waals surface area contributed by atoms with Gasteiger partial charge in [0.15, 0.2) is 0 Å². The lowest BCUT2D eigenvalue weighted by atomic mass is 9.84. The first kappa shape index (κ1) is 26.2. The molecule has 1 fully saturated rings. The van der Waals surface area contributed by atoms with Crippen LogP contribution in [-0.2, 0) is 19.1 Å². The fourth-order valence-electron chi connectivity index (χ4n) is 3.27. The smallest absolute Gasteiger partial charge is 0.225 e. The number of halogens is 1. The summed E-state index contributed by atoms with van der Waals surface area (Å²) in [6.07, 6.45) is 7.82. The van der Waals surface area contributed by atoms with Gasteiger partial charge in [0.25, 0.3) is 0 Å². The number of rotatable bonds is 14. The summed E-state index contributed by atoms with van der Waals surface area (Å²) in [5.74, 6) is 0.961. The number of amides is 2. The first-order chi connectivity index (χ1) is 13.8. The molecule has 0 unspecified atom stereocenters. The third kappa shape index (κ3) is 12.4. The highest BCUT2D eigenvalue weighted by molar-refractivity contribution is 6.17. The molecule has 1 aliphatic carbocycles. The minimum Gasteiger partial charge on any atom is -0.379 e. The summed E-state index contributed by atoms with van der Waals surface area (Å²) in [4.78, 5) is 24.4. The van der Waals surface area contributed by atoms with Crippen LogP contribution in [0.25, 0.3) is 0 Å². The number of ether oxygens (including phenoxy) is 2. The Morgan fingerprint density at radius 2 is 1.52 bits per heavy atom. The molecule has 0 aromatic carbocycles. The Balaban J connectivity index is 1.97. The van der Waals surface area contributed by atoms with Gasteiger partial charge in [0.1, 0.15) is 0 Å². The van der Waals surface area contributed by atoms with Gasteiger partial charge < -0.3 is 20.1 Å². The zero-order valence-corrected chi connectivity index (χ0v) is 19.3. The zero-order valence-electron chi connectivity index (χ0n) is 18.6. The maximum absolute atomic E-state index is 12.3. The van der Waals surface area contributed by atoms with Gasteiger partial charge in [-0.05, 0) is 38.5 Å². The first-order valence-corrected chi connectivity index (χ1v) is 11.7. The van der Waals surface area contributed by atoms with Gasteiger partial charge in [0.2, 0.25) is 11.8 Å². The maximum Gasteiger partial charge on any atom is 0.225 e. The van der Waals surface area contributed by atoms with Crippen molar-refractivity contribution in [2.24, 2.45) is 11.3 Å². The zero-order chi connectivity index (χ0) is 21.5. The van der Waals surface area contributed by atoms with E-state index in [9.17, 15) is 9.59 Å². The summed E-state index contributed by atoms with van der Waals surface area (Å²) in [6, 6.07) is 0.189. The van der Waals surface area contributed by atoms with Crippen molar-refractivity contribution >= 4 is 23.4 Å². The van der Waals surface area contributed by atoms with Crippen molar-refractivity contribution in [3.63, 3.8) is 0 Å². The van der Waals surface area contributed by atoms with Crippen molar-refractivity contribution < 1.29 is 19.1 Å². The van der Waals surface area contributed by atoms with Gasteiger partial charge in [-0.3, -0.25) is 9.59 Å². The molecule has 29 heavy (non-hydrogen) atoms. The molecule has 2 amide bonds. The summed E-state index contributed by atoms with van der Waals surface area (Å²) in [6.45, 7) is 8.69. The van der Waals surface area contributed by atoms with E-state index in [0.29, 0.717) is 26.4 Å². The molecule has 1 aliphatic rings. The second kappa shape index (κ2) is 15.0. The largest absolute Gasteiger partial charge is 0.379 e. The van der Waals surface area contributed by atoms with E-state index in [4.69, 9.17) is 21.1 Å². The maximum atomic E-state index is 12.3. The van der Waals surface area contributed by atoms with Gasteiger partial charge in [0, 0.05) is 36.4 Å². The molecule has 0 radical (unpaired) electrons. The van der Waals surface area contributed by atoms with Crippen LogP contribution < -0.4 is 10.6 Å². The lowest BCUT2D eigenvalue weighted by molar-refractivity contribution is -0.129. The molecule has 1 saturated carbocycles. The standard InChI is InChI=1S/C22H41ClN2O4/c1-22(2,3)21(27)25-19-10-8-18(9-11-19)20(26)24-13-15-29-17-16-28-14-7-5-4-6-12-23/h18-19H,4-17H2,1-3H3,(H,24,26)(H,25,27). The molecular formula is C22H41ClN2O4. The molecule has 1 rings (SSSR count). The van der Waals surface area contributed by atoms with Crippen molar-refractivity contribution in [3.05, 3.63) is 0 Å². The van der Waals surface area contributed by atoms with Crippen molar-refractivity contribution in [1.29, 1.82) is 0 Å². The Morgan fingerprint density at radius 3 is 2.14 bits per heavy atom. The number of unbranched alkanes of at least 4 members (excludes halogenated alkanes) is 3. The van der Waals surface area contributed by atoms with E-state index in [1.807, 2.05) is 20.8 Å². The molecule has 2 N–H and O–H groups in total. The van der Waals surface area contributed by atoms with Crippen LogP contribution in [0.3, 0.4) is 0 Å². The molecule has 170 valence electrons. The Morgan fingerprint density at radius 1 is 0.897 bits per heavy atom. The number of hydrogen-bond acceptors (Lipinski definition) is 4. The highest BCUT2D eigenvalue weighted by Crippen LogP contribution is 2.25. The summed E-state index contributed by atoms with van der Waals surface area (Å²) < 4.78 is 11.0. The number of nitrogens with one attached hydrogen (secondary N) is 2. The van der Waals surface area contributed by atoms with E-state index in [0.717, 1.165) is 63.9 Å². The van der Waals surface area contributed by atoms with Crippen molar-refractivity contribution in [1.82, 2.24) is 10.6 Å². The van der Waals surface area contributed by atoms with E-state index < -0.39 is 0 Å². The third-order valence-electron chi connectivity index (χ3n) is 5.20. The molecule has 0 aliphatic heterocycles. The minimum atomic E-state index is -0.372. The lowest BCUT2D eigenvalue weighted by Crippen LogP contribution is -2.45. The summed E-state index contributed by atoms with van der Waals surface area (Å²) in [5.41, 5.74) is -0.372. The molecule has 0 bridgehead atoms. The van der Waals surface area contributed by atoms with Crippen molar-refractivity contribution in [2.45, 2.75) is 78.2 Å². The van der Waals surface area contributed by atoms with Crippen LogP contribution in [0.15, 0.2) is 0 Å². The molecule has 6 nitrogen and oxygen atoms in total. The monoisotopic (exact) mass is 432 g/mol. The molecule has 0 aromatic rings. The Kier molecular flexibility index (Phi) is 13.6. The fourth-order valence-corrected chi connectivity index (χ4v) is 3.46. The van der Waals surface area contributed by atoms with Crippen molar-refractivity contribution in [2.75, 3.05) is 38.9 Å². The predicted molar refractivity (Wildman–Crippen MR) is 117 cm³/mol. The predicted octanol–water partition coefficient (Wildman–Crippen LogP) is 3.66. The molecule has 0 saturated heterocycles. The van der Waals surface area contributed by atoms with Crippen LogP contribution >= 0.6 is 11.6 Å². The number of carbonyl (C=O) groups is 2. The highest BCUT2D eigenvalue weighted by atomic mass is 35.5. The van der Waals surface area contributed by atoms with Gasteiger partial charge in [0.05, 0.1) is 19.8 Å². The van der Waals surface area contributed by atoms with Crippen LogP contribution in [0.1, 0.15) is 72.1 Å². The van der Waals surface area contributed by atoms with Crippen LogP contribution in [0.4, 0.5) is 0 Å². The van der Waals surface area contributed by atoms with Gasteiger partial charge in [-0.25, -0.2) is 0 Å². The van der Waals surface area contributed by atoms with E-state index in [1.54, 1.807) is 0 Å². The van der Waals surface area contributed by atoms with E-state index in [2.05, 4.69) is 10.6 Å². The highest BCUT2D eigenvalue weighted by Gasteiger charge is 2.29. The molecule has 0 atom stereocenters. The SMILES string of the molecule is CC(C)(C)C(=O)NC1CCC(C(=O)NCCOCCOCCCCCCCl)CC1. The van der Waals surface area contributed by atoms with E-state index in [-0.39, 0.29) is 29.2 Å². The number of hydrogen-bond donors (Lipinski definition) is 2. The Labute approximate surface area is 181 Å². The van der Waals surface area contributed by atoms with Gasteiger partial charge in [-0.15, -0.1) is 11.6 Å². The molecule has 7 heteroatoms. The van der Waals surface area contributed by atoms with Gasteiger partial charge in [-0.1, -0.05) is 33.6 Å². The molecule has 0 aromatic heterocycles. The average Bonchev–Trinajstić information content (AvgIpc) is 2.68. The molecule has 0 spiro atoms. The molecule has 0 heterocycles. The Hall–Kier alpha value is -0.850.